The number of aryl methyl sites for hydroxylation is 2. The fraction of sp³-hybridized carbons (Fsp3) is 0.188. The van der Waals surface area contributed by atoms with E-state index in [2.05, 4.69) is 5.32 Å². The lowest BCUT2D eigenvalue weighted by molar-refractivity contribution is -0.118. The lowest BCUT2D eigenvalue weighted by atomic mass is 10.1. The van der Waals surface area contributed by atoms with E-state index >= 15 is 0 Å². The quantitative estimate of drug-likeness (QED) is 0.849. The Kier molecular flexibility index (Phi) is 4.70. The maximum atomic E-state index is 11.9. The molecule has 0 saturated carbocycles. The van der Waals surface area contributed by atoms with Crippen LogP contribution in [0.3, 0.4) is 0 Å². The molecule has 1 amide bonds. The highest BCUT2D eigenvalue weighted by molar-refractivity contribution is 6.33. The van der Waals surface area contributed by atoms with Gasteiger partial charge in [-0.1, -0.05) is 23.7 Å². The number of nitrogens with two attached hydrogens (primary N) is 1. The van der Waals surface area contributed by atoms with Crippen molar-refractivity contribution < 1.29 is 9.53 Å². The maximum Gasteiger partial charge on any atom is 0.262 e. The molecule has 0 heterocycles. The van der Waals surface area contributed by atoms with Gasteiger partial charge in [0.1, 0.15) is 5.75 Å². The van der Waals surface area contributed by atoms with E-state index in [-0.39, 0.29) is 12.5 Å². The number of carbonyl (C=O) groups is 1. The summed E-state index contributed by atoms with van der Waals surface area (Å²) in [5, 5.41) is 3.17. The molecule has 0 fully saturated rings. The number of carbonyl (C=O) groups excluding carboxylic acids is 1. The lowest BCUT2D eigenvalue weighted by Crippen LogP contribution is -2.20. The molecule has 0 bridgehead atoms. The Morgan fingerprint density at radius 2 is 2.00 bits per heavy atom. The third-order valence-corrected chi connectivity index (χ3v) is 3.33. The van der Waals surface area contributed by atoms with Gasteiger partial charge in [0.15, 0.2) is 6.61 Å². The minimum absolute atomic E-state index is 0.0627. The molecule has 2 aromatic carbocycles. The average molecular weight is 305 g/mol. The Morgan fingerprint density at radius 3 is 2.71 bits per heavy atom. The number of nitrogen functional groups attached to an aromatic ring is 1. The Labute approximate surface area is 128 Å². The normalized spacial score (nSPS) is 10.2. The molecule has 0 saturated heterocycles. The van der Waals surface area contributed by atoms with Crippen molar-refractivity contribution in [3.8, 4) is 5.75 Å². The van der Waals surface area contributed by atoms with Gasteiger partial charge in [-0.3, -0.25) is 4.79 Å². The van der Waals surface area contributed by atoms with Gasteiger partial charge in [0.25, 0.3) is 5.91 Å². The molecule has 0 radical (unpaired) electrons. The summed E-state index contributed by atoms with van der Waals surface area (Å²) in [7, 11) is 0. The van der Waals surface area contributed by atoms with Gasteiger partial charge in [0, 0.05) is 5.69 Å². The zero-order valence-corrected chi connectivity index (χ0v) is 12.7. The van der Waals surface area contributed by atoms with Crippen LogP contribution in [0.2, 0.25) is 5.02 Å². The van der Waals surface area contributed by atoms with Gasteiger partial charge in [-0.05, 0) is 49.2 Å². The molecular formula is C16H17ClN2O2. The standard InChI is InChI=1S/C16H17ClN2O2/c1-10-3-4-11(2)15(7-10)21-9-16(20)19-12-5-6-13(17)14(18)8-12/h3-8H,9,18H2,1-2H3,(H,19,20). The van der Waals surface area contributed by atoms with E-state index in [1.54, 1.807) is 18.2 Å². The molecule has 110 valence electrons. The first-order chi connectivity index (χ1) is 9.95. The smallest absolute Gasteiger partial charge is 0.262 e. The fourth-order valence-electron chi connectivity index (χ4n) is 1.82. The third-order valence-electron chi connectivity index (χ3n) is 2.98. The highest BCUT2D eigenvalue weighted by atomic mass is 35.5. The Bertz CT molecular complexity index is 671. The molecule has 4 nitrogen and oxygen atoms in total. The predicted octanol–water partition coefficient (Wildman–Crippen LogP) is 3.56. The Morgan fingerprint density at radius 1 is 1.24 bits per heavy atom. The molecule has 0 unspecified atom stereocenters. The van der Waals surface area contributed by atoms with Crippen LogP contribution in [0.4, 0.5) is 11.4 Å². The van der Waals surface area contributed by atoms with Gasteiger partial charge in [-0.15, -0.1) is 0 Å². The predicted molar refractivity (Wildman–Crippen MR) is 85.9 cm³/mol. The summed E-state index contributed by atoms with van der Waals surface area (Å²) in [4.78, 5) is 11.9. The molecule has 5 heteroatoms. The monoisotopic (exact) mass is 304 g/mol. The van der Waals surface area contributed by atoms with Gasteiger partial charge < -0.3 is 15.8 Å². The molecule has 2 aromatic rings. The maximum absolute atomic E-state index is 11.9. The SMILES string of the molecule is Cc1ccc(C)c(OCC(=O)Nc2ccc(Cl)c(N)c2)c1. The summed E-state index contributed by atoms with van der Waals surface area (Å²) >= 11 is 5.83. The molecule has 0 atom stereocenters. The largest absolute Gasteiger partial charge is 0.483 e. The van der Waals surface area contributed by atoms with E-state index in [9.17, 15) is 4.79 Å². The number of hydrogen-bond acceptors (Lipinski definition) is 3. The fourth-order valence-corrected chi connectivity index (χ4v) is 1.94. The average Bonchev–Trinajstić information content (AvgIpc) is 2.44. The molecule has 21 heavy (non-hydrogen) atoms. The summed E-state index contributed by atoms with van der Waals surface area (Å²) < 4.78 is 5.54. The van der Waals surface area contributed by atoms with Crippen molar-refractivity contribution in [1.29, 1.82) is 0 Å². The number of rotatable bonds is 4. The number of halogens is 1. The van der Waals surface area contributed by atoms with Crippen LogP contribution in [0.1, 0.15) is 11.1 Å². The summed E-state index contributed by atoms with van der Waals surface area (Å²) in [6.45, 7) is 3.85. The van der Waals surface area contributed by atoms with E-state index in [0.29, 0.717) is 22.1 Å². The number of hydrogen-bond donors (Lipinski definition) is 2. The zero-order chi connectivity index (χ0) is 15.4. The van der Waals surface area contributed by atoms with Crippen LogP contribution in [-0.2, 0) is 4.79 Å². The Hall–Kier alpha value is -2.20. The molecule has 0 aliphatic carbocycles. The van der Waals surface area contributed by atoms with E-state index < -0.39 is 0 Å². The second-order valence-corrected chi connectivity index (χ2v) is 5.25. The molecule has 2 rings (SSSR count). The van der Waals surface area contributed by atoms with Crippen molar-refractivity contribution in [3.05, 3.63) is 52.5 Å². The van der Waals surface area contributed by atoms with Crippen molar-refractivity contribution in [3.63, 3.8) is 0 Å². The summed E-state index contributed by atoms with van der Waals surface area (Å²) in [6.07, 6.45) is 0. The van der Waals surface area contributed by atoms with Crippen LogP contribution < -0.4 is 15.8 Å². The van der Waals surface area contributed by atoms with Crippen LogP contribution in [-0.4, -0.2) is 12.5 Å². The minimum Gasteiger partial charge on any atom is -0.483 e. The van der Waals surface area contributed by atoms with Crippen LogP contribution in [0.5, 0.6) is 5.75 Å². The van der Waals surface area contributed by atoms with Gasteiger partial charge in [0.2, 0.25) is 0 Å². The van der Waals surface area contributed by atoms with Crippen molar-refractivity contribution >= 4 is 28.9 Å². The first-order valence-corrected chi connectivity index (χ1v) is 6.88. The van der Waals surface area contributed by atoms with Gasteiger partial charge in [0.05, 0.1) is 10.7 Å². The van der Waals surface area contributed by atoms with Crippen molar-refractivity contribution in [1.82, 2.24) is 0 Å². The zero-order valence-electron chi connectivity index (χ0n) is 11.9. The molecular weight excluding hydrogens is 288 g/mol. The first kappa shape index (κ1) is 15.2. The Balaban J connectivity index is 1.95. The molecule has 0 aromatic heterocycles. The second-order valence-electron chi connectivity index (χ2n) is 4.84. The van der Waals surface area contributed by atoms with Crippen LogP contribution in [0, 0.1) is 13.8 Å². The third kappa shape index (κ3) is 4.13. The summed E-state index contributed by atoms with van der Waals surface area (Å²) in [5.41, 5.74) is 8.77. The highest BCUT2D eigenvalue weighted by Gasteiger charge is 2.07. The number of amides is 1. The topological polar surface area (TPSA) is 64.3 Å². The van der Waals surface area contributed by atoms with Crippen molar-refractivity contribution in [2.75, 3.05) is 17.7 Å². The number of ether oxygens (including phenoxy) is 1. The number of benzene rings is 2. The molecule has 0 aliphatic heterocycles. The van der Waals surface area contributed by atoms with Gasteiger partial charge in [-0.2, -0.15) is 0 Å². The number of anilines is 2. The van der Waals surface area contributed by atoms with E-state index in [1.165, 1.54) is 0 Å². The van der Waals surface area contributed by atoms with E-state index in [4.69, 9.17) is 22.1 Å². The number of nitrogens with one attached hydrogen (secondary N) is 1. The molecule has 0 aliphatic rings. The second kappa shape index (κ2) is 6.50. The van der Waals surface area contributed by atoms with E-state index in [1.807, 2.05) is 32.0 Å². The minimum atomic E-state index is -0.252. The van der Waals surface area contributed by atoms with E-state index in [0.717, 1.165) is 11.1 Å². The van der Waals surface area contributed by atoms with Crippen LogP contribution >= 0.6 is 11.6 Å². The summed E-state index contributed by atoms with van der Waals surface area (Å²) in [6, 6.07) is 10.8. The lowest BCUT2D eigenvalue weighted by Gasteiger charge is -2.11. The van der Waals surface area contributed by atoms with Gasteiger partial charge >= 0.3 is 0 Å². The summed E-state index contributed by atoms with van der Waals surface area (Å²) in [5.74, 6) is 0.457. The molecule has 3 N–H and O–H groups in total. The molecule has 0 spiro atoms. The van der Waals surface area contributed by atoms with Crippen LogP contribution in [0.25, 0.3) is 0 Å². The first-order valence-electron chi connectivity index (χ1n) is 6.50. The van der Waals surface area contributed by atoms with Crippen molar-refractivity contribution in [2.24, 2.45) is 0 Å². The van der Waals surface area contributed by atoms with Gasteiger partial charge in [-0.25, -0.2) is 0 Å². The van der Waals surface area contributed by atoms with Crippen LogP contribution in [0.15, 0.2) is 36.4 Å². The van der Waals surface area contributed by atoms with Crippen molar-refractivity contribution in [2.45, 2.75) is 13.8 Å². The highest BCUT2D eigenvalue weighted by Crippen LogP contribution is 2.22.